The molecule has 0 fully saturated rings. The lowest BCUT2D eigenvalue weighted by molar-refractivity contribution is -0.384. The van der Waals surface area contributed by atoms with Crippen molar-refractivity contribution in [2.75, 3.05) is 0 Å². The zero-order chi connectivity index (χ0) is 18.4. The van der Waals surface area contributed by atoms with Crippen LogP contribution in [0.15, 0.2) is 47.6 Å². The molecular formula is C16H12ClN3O5. The Balaban J connectivity index is 2.02. The third-order valence-corrected chi connectivity index (χ3v) is 3.25. The van der Waals surface area contributed by atoms with Crippen LogP contribution in [0.1, 0.15) is 22.8 Å². The van der Waals surface area contributed by atoms with Crippen LogP contribution < -0.4 is 10.2 Å². The van der Waals surface area contributed by atoms with Gasteiger partial charge in [-0.05, 0) is 42.0 Å². The Morgan fingerprint density at radius 2 is 1.92 bits per heavy atom. The Labute approximate surface area is 147 Å². The highest BCUT2D eigenvalue weighted by atomic mass is 35.5. The minimum Gasteiger partial charge on any atom is -0.427 e. The summed E-state index contributed by atoms with van der Waals surface area (Å²) in [6, 6.07) is 10.1. The maximum Gasteiger partial charge on any atom is 0.308 e. The zero-order valence-corrected chi connectivity index (χ0v) is 13.7. The highest BCUT2D eigenvalue weighted by Gasteiger charge is 2.15. The molecule has 0 spiro atoms. The summed E-state index contributed by atoms with van der Waals surface area (Å²) in [7, 11) is 0. The summed E-state index contributed by atoms with van der Waals surface area (Å²) in [5, 5.41) is 14.5. The molecule has 0 unspecified atom stereocenters. The molecule has 0 heterocycles. The summed E-state index contributed by atoms with van der Waals surface area (Å²) < 4.78 is 4.89. The van der Waals surface area contributed by atoms with E-state index in [9.17, 15) is 19.7 Å². The lowest BCUT2D eigenvalue weighted by Crippen LogP contribution is -2.17. The first-order valence-electron chi connectivity index (χ1n) is 6.92. The fourth-order valence-corrected chi connectivity index (χ4v) is 2.00. The predicted molar refractivity (Wildman–Crippen MR) is 90.9 cm³/mol. The SMILES string of the molecule is CC(=O)Oc1ccc(/C=N\NC(=O)c2ccc(Cl)c([N+](=O)[O-])c2)cc1. The molecule has 1 amide bonds. The maximum absolute atomic E-state index is 11.9. The third kappa shape index (κ3) is 5.11. The summed E-state index contributed by atoms with van der Waals surface area (Å²) in [5.74, 6) is -0.652. The fourth-order valence-electron chi connectivity index (χ4n) is 1.81. The number of hydrogen-bond acceptors (Lipinski definition) is 6. The second kappa shape index (κ2) is 8.02. The molecule has 8 nitrogen and oxygen atoms in total. The van der Waals surface area contributed by atoms with E-state index in [2.05, 4.69) is 10.5 Å². The number of nitro benzene ring substituents is 1. The largest absolute Gasteiger partial charge is 0.427 e. The lowest BCUT2D eigenvalue weighted by Gasteiger charge is -2.02. The van der Waals surface area contributed by atoms with Crippen LogP contribution >= 0.6 is 11.6 Å². The van der Waals surface area contributed by atoms with Crippen LogP contribution in [0, 0.1) is 10.1 Å². The molecule has 128 valence electrons. The highest BCUT2D eigenvalue weighted by molar-refractivity contribution is 6.32. The van der Waals surface area contributed by atoms with Gasteiger partial charge in [-0.1, -0.05) is 11.6 Å². The first kappa shape index (κ1) is 18.1. The smallest absolute Gasteiger partial charge is 0.308 e. The van der Waals surface area contributed by atoms with Crippen LogP contribution in [0.4, 0.5) is 5.69 Å². The van der Waals surface area contributed by atoms with Crippen molar-refractivity contribution in [2.45, 2.75) is 6.92 Å². The van der Waals surface area contributed by atoms with Crippen LogP contribution in [0.5, 0.6) is 5.75 Å². The highest BCUT2D eigenvalue weighted by Crippen LogP contribution is 2.24. The number of amides is 1. The molecule has 0 aliphatic rings. The molecule has 0 saturated carbocycles. The quantitative estimate of drug-likeness (QED) is 0.289. The molecule has 0 aromatic heterocycles. The van der Waals surface area contributed by atoms with E-state index >= 15 is 0 Å². The summed E-state index contributed by atoms with van der Waals surface area (Å²) in [4.78, 5) is 32.9. The molecule has 0 saturated heterocycles. The minimum atomic E-state index is -0.674. The summed E-state index contributed by atoms with van der Waals surface area (Å²) in [5.41, 5.74) is 2.60. The normalized spacial score (nSPS) is 10.5. The molecule has 0 aliphatic heterocycles. The van der Waals surface area contributed by atoms with Crippen LogP contribution in [0.2, 0.25) is 5.02 Å². The van der Waals surface area contributed by atoms with E-state index in [-0.39, 0.29) is 16.3 Å². The lowest BCUT2D eigenvalue weighted by atomic mass is 10.2. The number of esters is 1. The molecular weight excluding hydrogens is 350 g/mol. The van der Waals surface area contributed by atoms with Gasteiger partial charge in [-0.15, -0.1) is 0 Å². The van der Waals surface area contributed by atoms with E-state index in [0.717, 1.165) is 6.07 Å². The van der Waals surface area contributed by atoms with Gasteiger partial charge in [0, 0.05) is 18.6 Å². The van der Waals surface area contributed by atoms with E-state index in [4.69, 9.17) is 16.3 Å². The standard InChI is InChI=1S/C16H12ClN3O5/c1-10(21)25-13-5-2-11(3-6-13)9-18-19-16(22)12-4-7-14(17)15(8-12)20(23)24/h2-9H,1H3,(H,19,22)/b18-9-. The molecule has 2 aromatic carbocycles. The molecule has 0 aliphatic carbocycles. The van der Waals surface area contributed by atoms with Gasteiger partial charge in [0.05, 0.1) is 11.1 Å². The second-order valence-electron chi connectivity index (χ2n) is 4.79. The van der Waals surface area contributed by atoms with Crippen molar-refractivity contribution in [1.29, 1.82) is 0 Å². The number of hydrazone groups is 1. The molecule has 0 radical (unpaired) electrons. The first-order chi connectivity index (χ1) is 11.9. The zero-order valence-electron chi connectivity index (χ0n) is 12.9. The third-order valence-electron chi connectivity index (χ3n) is 2.93. The van der Waals surface area contributed by atoms with Crippen LogP contribution in [-0.4, -0.2) is 23.0 Å². The van der Waals surface area contributed by atoms with Crippen LogP contribution in [-0.2, 0) is 4.79 Å². The van der Waals surface area contributed by atoms with Gasteiger partial charge in [0.1, 0.15) is 10.8 Å². The molecule has 25 heavy (non-hydrogen) atoms. The number of carbonyl (C=O) groups is 2. The average molecular weight is 362 g/mol. The van der Waals surface area contributed by atoms with Gasteiger partial charge in [0.25, 0.3) is 11.6 Å². The number of benzene rings is 2. The molecule has 0 bridgehead atoms. The Morgan fingerprint density at radius 1 is 1.24 bits per heavy atom. The van der Waals surface area contributed by atoms with Gasteiger partial charge in [0.2, 0.25) is 0 Å². The molecule has 2 rings (SSSR count). The van der Waals surface area contributed by atoms with Crippen molar-refractivity contribution in [3.8, 4) is 5.75 Å². The summed E-state index contributed by atoms with van der Waals surface area (Å²) in [6.45, 7) is 1.30. The second-order valence-corrected chi connectivity index (χ2v) is 5.19. The van der Waals surface area contributed by atoms with Gasteiger partial charge in [-0.25, -0.2) is 5.43 Å². The number of nitrogens with one attached hydrogen (secondary N) is 1. The van der Waals surface area contributed by atoms with Crippen molar-refractivity contribution < 1.29 is 19.2 Å². The molecule has 2 aromatic rings. The minimum absolute atomic E-state index is 0.0541. The predicted octanol–water partition coefficient (Wildman–Crippen LogP) is 2.94. The Kier molecular flexibility index (Phi) is 5.80. The number of hydrogen-bond donors (Lipinski definition) is 1. The molecule has 0 atom stereocenters. The number of halogens is 1. The number of ether oxygens (including phenoxy) is 1. The summed E-state index contributed by atoms with van der Waals surface area (Å²) >= 11 is 5.69. The van der Waals surface area contributed by atoms with E-state index in [1.807, 2.05) is 0 Å². The Morgan fingerprint density at radius 3 is 2.52 bits per heavy atom. The van der Waals surface area contributed by atoms with Crippen LogP contribution in [0.3, 0.4) is 0 Å². The molecule has 1 N–H and O–H groups in total. The number of nitrogens with zero attached hydrogens (tertiary/aromatic N) is 2. The van der Waals surface area contributed by atoms with Crippen LogP contribution in [0.25, 0.3) is 0 Å². The van der Waals surface area contributed by atoms with Gasteiger partial charge in [0.15, 0.2) is 0 Å². The van der Waals surface area contributed by atoms with Crippen molar-refractivity contribution in [2.24, 2.45) is 5.10 Å². The summed E-state index contributed by atoms with van der Waals surface area (Å²) in [6.07, 6.45) is 1.37. The van der Waals surface area contributed by atoms with E-state index < -0.39 is 16.8 Å². The fraction of sp³-hybridized carbons (Fsp3) is 0.0625. The average Bonchev–Trinajstić information content (AvgIpc) is 2.56. The van der Waals surface area contributed by atoms with Gasteiger partial charge >= 0.3 is 5.97 Å². The maximum atomic E-state index is 11.9. The number of carbonyl (C=O) groups excluding carboxylic acids is 2. The Hall–Kier alpha value is -3.26. The van der Waals surface area contributed by atoms with Gasteiger partial charge in [-0.3, -0.25) is 19.7 Å². The Bertz CT molecular complexity index is 849. The number of rotatable bonds is 5. The van der Waals surface area contributed by atoms with Gasteiger partial charge in [-0.2, -0.15) is 5.10 Å². The first-order valence-corrected chi connectivity index (χ1v) is 7.30. The van der Waals surface area contributed by atoms with Crippen molar-refractivity contribution >= 4 is 35.4 Å². The van der Waals surface area contributed by atoms with E-state index in [0.29, 0.717) is 11.3 Å². The van der Waals surface area contributed by atoms with E-state index in [1.54, 1.807) is 24.3 Å². The topological polar surface area (TPSA) is 111 Å². The van der Waals surface area contributed by atoms with Crippen molar-refractivity contribution in [3.63, 3.8) is 0 Å². The number of nitro groups is 1. The monoisotopic (exact) mass is 361 g/mol. The van der Waals surface area contributed by atoms with Crippen molar-refractivity contribution in [1.82, 2.24) is 5.43 Å². The van der Waals surface area contributed by atoms with Crippen molar-refractivity contribution in [3.05, 3.63) is 68.7 Å². The van der Waals surface area contributed by atoms with E-state index in [1.165, 1.54) is 25.3 Å². The van der Waals surface area contributed by atoms with Gasteiger partial charge < -0.3 is 4.74 Å². The molecule has 9 heteroatoms.